The van der Waals surface area contributed by atoms with E-state index < -0.39 is 0 Å². The van der Waals surface area contributed by atoms with Crippen molar-refractivity contribution >= 4 is 11.6 Å². The van der Waals surface area contributed by atoms with Crippen molar-refractivity contribution in [1.29, 1.82) is 0 Å². The van der Waals surface area contributed by atoms with Gasteiger partial charge in [-0.1, -0.05) is 19.1 Å². The SMILES string of the molecule is CCC(=O)N1N=C(c2ccc(C)o2)C[C@@H]1c1ccc(OC)cc1. The fourth-order valence-corrected chi connectivity index (χ4v) is 2.73. The fraction of sp³-hybridized carbons (Fsp3) is 0.333. The van der Waals surface area contributed by atoms with Gasteiger partial charge in [0.25, 0.3) is 0 Å². The summed E-state index contributed by atoms with van der Waals surface area (Å²) in [4.78, 5) is 12.3. The average Bonchev–Trinajstić information content (AvgIpc) is 3.20. The molecule has 2 heterocycles. The van der Waals surface area contributed by atoms with Crippen LogP contribution >= 0.6 is 0 Å². The number of amides is 1. The second-order valence-electron chi connectivity index (χ2n) is 5.54. The predicted octanol–water partition coefficient (Wildman–Crippen LogP) is 3.68. The van der Waals surface area contributed by atoms with Crippen LogP contribution in [0.5, 0.6) is 5.75 Å². The second-order valence-corrected chi connectivity index (χ2v) is 5.54. The number of aryl methyl sites for hydroxylation is 1. The number of hydrogen-bond donors (Lipinski definition) is 0. The molecule has 2 aromatic rings. The number of carbonyl (C=O) groups is 1. The average molecular weight is 312 g/mol. The normalized spacial score (nSPS) is 17.3. The molecular formula is C18H20N2O3. The number of nitrogens with zero attached hydrogens (tertiary/aromatic N) is 2. The molecule has 0 spiro atoms. The van der Waals surface area contributed by atoms with Crippen molar-refractivity contribution in [2.45, 2.75) is 32.7 Å². The third kappa shape index (κ3) is 2.99. The Labute approximate surface area is 135 Å². The highest BCUT2D eigenvalue weighted by molar-refractivity contribution is 6.01. The molecule has 0 bridgehead atoms. The number of hydrazone groups is 1. The van der Waals surface area contributed by atoms with Gasteiger partial charge in [0, 0.05) is 12.8 Å². The lowest BCUT2D eigenvalue weighted by Gasteiger charge is -2.21. The Balaban J connectivity index is 1.91. The van der Waals surface area contributed by atoms with Gasteiger partial charge in [-0.05, 0) is 36.8 Å². The first kappa shape index (κ1) is 15.3. The molecule has 0 N–H and O–H groups in total. The lowest BCUT2D eigenvalue weighted by Crippen LogP contribution is -2.26. The van der Waals surface area contributed by atoms with Crippen molar-refractivity contribution in [3.63, 3.8) is 0 Å². The molecule has 1 aromatic heterocycles. The summed E-state index contributed by atoms with van der Waals surface area (Å²) in [6.07, 6.45) is 1.06. The summed E-state index contributed by atoms with van der Waals surface area (Å²) in [5.74, 6) is 2.36. The van der Waals surface area contributed by atoms with Gasteiger partial charge in [0.05, 0.1) is 13.2 Å². The largest absolute Gasteiger partial charge is 0.497 e. The zero-order valence-corrected chi connectivity index (χ0v) is 13.6. The minimum Gasteiger partial charge on any atom is -0.497 e. The summed E-state index contributed by atoms with van der Waals surface area (Å²) < 4.78 is 10.9. The topological polar surface area (TPSA) is 55.0 Å². The van der Waals surface area contributed by atoms with E-state index in [1.807, 2.05) is 50.2 Å². The van der Waals surface area contributed by atoms with Gasteiger partial charge in [-0.2, -0.15) is 5.10 Å². The number of carbonyl (C=O) groups excluding carboxylic acids is 1. The van der Waals surface area contributed by atoms with E-state index in [2.05, 4.69) is 5.10 Å². The number of rotatable bonds is 4. The van der Waals surface area contributed by atoms with Crippen molar-refractivity contribution in [3.05, 3.63) is 53.5 Å². The number of methoxy groups -OCH3 is 1. The van der Waals surface area contributed by atoms with Crippen LogP contribution < -0.4 is 4.74 Å². The highest BCUT2D eigenvalue weighted by Crippen LogP contribution is 2.34. The van der Waals surface area contributed by atoms with Crippen molar-refractivity contribution in [2.75, 3.05) is 7.11 Å². The molecule has 0 unspecified atom stereocenters. The van der Waals surface area contributed by atoms with Gasteiger partial charge < -0.3 is 9.15 Å². The van der Waals surface area contributed by atoms with Crippen LogP contribution in [0.2, 0.25) is 0 Å². The van der Waals surface area contributed by atoms with Gasteiger partial charge in [-0.25, -0.2) is 5.01 Å². The highest BCUT2D eigenvalue weighted by Gasteiger charge is 2.33. The first-order valence-electron chi connectivity index (χ1n) is 7.72. The lowest BCUT2D eigenvalue weighted by atomic mass is 10.0. The molecule has 3 rings (SSSR count). The van der Waals surface area contributed by atoms with E-state index in [0.29, 0.717) is 12.8 Å². The molecule has 0 fully saturated rings. The van der Waals surface area contributed by atoms with E-state index in [4.69, 9.17) is 9.15 Å². The predicted molar refractivity (Wildman–Crippen MR) is 87.5 cm³/mol. The smallest absolute Gasteiger partial charge is 0.242 e. The van der Waals surface area contributed by atoms with E-state index in [0.717, 1.165) is 28.5 Å². The molecular weight excluding hydrogens is 292 g/mol. The summed E-state index contributed by atoms with van der Waals surface area (Å²) >= 11 is 0. The van der Waals surface area contributed by atoms with E-state index in [1.54, 1.807) is 12.1 Å². The van der Waals surface area contributed by atoms with Crippen LogP contribution in [0, 0.1) is 6.92 Å². The summed E-state index contributed by atoms with van der Waals surface area (Å²) in [7, 11) is 1.64. The number of benzene rings is 1. The molecule has 120 valence electrons. The number of hydrogen-bond acceptors (Lipinski definition) is 4. The molecule has 0 radical (unpaired) electrons. The van der Waals surface area contributed by atoms with Gasteiger partial charge in [-0.15, -0.1) is 0 Å². The molecule has 0 saturated heterocycles. The van der Waals surface area contributed by atoms with Gasteiger partial charge in [-0.3, -0.25) is 4.79 Å². The Hall–Kier alpha value is -2.56. The van der Waals surface area contributed by atoms with Crippen LogP contribution in [-0.2, 0) is 4.79 Å². The van der Waals surface area contributed by atoms with Crippen molar-refractivity contribution < 1.29 is 13.9 Å². The van der Waals surface area contributed by atoms with Crippen LogP contribution in [0.4, 0.5) is 0 Å². The lowest BCUT2D eigenvalue weighted by molar-refractivity contribution is -0.132. The zero-order chi connectivity index (χ0) is 16.4. The van der Waals surface area contributed by atoms with Crippen molar-refractivity contribution in [2.24, 2.45) is 5.10 Å². The Morgan fingerprint density at radius 2 is 2.04 bits per heavy atom. The minimum atomic E-state index is -0.103. The van der Waals surface area contributed by atoms with E-state index >= 15 is 0 Å². The maximum atomic E-state index is 12.3. The van der Waals surface area contributed by atoms with Gasteiger partial charge >= 0.3 is 0 Å². The molecule has 1 amide bonds. The highest BCUT2D eigenvalue weighted by atomic mass is 16.5. The summed E-state index contributed by atoms with van der Waals surface area (Å²) in [5.41, 5.74) is 1.84. The zero-order valence-electron chi connectivity index (χ0n) is 13.6. The maximum absolute atomic E-state index is 12.3. The third-order valence-electron chi connectivity index (χ3n) is 3.99. The van der Waals surface area contributed by atoms with Crippen molar-refractivity contribution in [1.82, 2.24) is 5.01 Å². The fourth-order valence-electron chi connectivity index (χ4n) is 2.73. The van der Waals surface area contributed by atoms with Crippen LogP contribution in [0.15, 0.2) is 45.9 Å². The van der Waals surface area contributed by atoms with Crippen LogP contribution in [-0.4, -0.2) is 23.7 Å². The summed E-state index contributed by atoms with van der Waals surface area (Å²) in [5, 5.41) is 6.10. The summed E-state index contributed by atoms with van der Waals surface area (Å²) in [6.45, 7) is 3.74. The molecule has 0 aliphatic carbocycles. The number of furan rings is 1. The molecule has 1 atom stereocenters. The quantitative estimate of drug-likeness (QED) is 0.865. The molecule has 1 aliphatic heterocycles. The molecule has 0 saturated carbocycles. The Bertz CT molecular complexity index is 731. The van der Waals surface area contributed by atoms with Crippen LogP contribution in [0.1, 0.15) is 42.9 Å². The first-order valence-corrected chi connectivity index (χ1v) is 7.72. The van der Waals surface area contributed by atoms with Gasteiger partial charge in [0.2, 0.25) is 5.91 Å². The number of ether oxygens (including phenoxy) is 1. The summed E-state index contributed by atoms with van der Waals surface area (Å²) in [6, 6.07) is 11.5. The van der Waals surface area contributed by atoms with E-state index in [9.17, 15) is 4.79 Å². The first-order chi connectivity index (χ1) is 11.1. The minimum absolute atomic E-state index is 0.00379. The second kappa shape index (κ2) is 6.28. The maximum Gasteiger partial charge on any atom is 0.242 e. The van der Waals surface area contributed by atoms with E-state index in [1.165, 1.54) is 0 Å². The molecule has 1 aromatic carbocycles. The molecule has 23 heavy (non-hydrogen) atoms. The monoisotopic (exact) mass is 312 g/mol. The Morgan fingerprint density at radius 3 is 2.61 bits per heavy atom. The molecule has 5 heteroatoms. The molecule has 5 nitrogen and oxygen atoms in total. The third-order valence-corrected chi connectivity index (χ3v) is 3.99. The molecule has 1 aliphatic rings. The van der Waals surface area contributed by atoms with E-state index in [-0.39, 0.29) is 11.9 Å². The van der Waals surface area contributed by atoms with Crippen molar-refractivity contribution in [3.8, 4) is 5.75 Å². The Morgan fingerprint density at radius 1 is 1.30 bits per heavy atom. The van der Waals surface area contributed by atoms with Gasteiger partial charge in [0.15, 0.2) is 0 Å². The van der Waals surface area contributed by atoms with Gasteiger partial charge in [0.1, 0.15) is 23.0 Å². The Kier molecular flexibility index (Phi) is 4.19. The standard InChI is InChI=1S/C18H20N2O3/c1-4-18(21)20-16(13-6-8-14(22-3)9-7-13)11-15(19-20)17-10-5-12(2)23-17/h5-10,16H,4,11H2,1-3H3/t16-/m1/s1. The van der Waals surface area contributed by atoms with Crippen LogP contribution in [0.3, 0.4) is 0 Å². The van der Waals surface area contributed by atoms with Crippen LogP contribution in [0.25, 0.3) is 0 Å².